The number of cyclic esters (lactones) is 1. The van der Waals surface area contributed by atoms with Gasteiger partial charge in [-0.25, -0.2) is 4.79 Å². The Balaban J connectivity index is 2.40. The number of carboxylic acid groups (broad SMARTS) is 1. The number of aliphatic hydroxyl groups excluding tert-OH is 1. The van der Waals surface area contributed by atoms with Crippen molar-refractivity contribution in [1.29, 1.82) is 0 Å². The number of benzene rings is 1. The summed E-state index contributed by atoms with van der Waals surface area (Å²) in [4.78, 5) is 22.5. The zero-order valence-corrected chi connectivity index (χ0v) is 13.8. The van der Waals surface area contributed by atoms with E-state index in [0.29, 0.717) is 28.0 Å². The molecule has 1 aliphatic heterocycles. The lowest BCUT2D eigenvalue weighted by atomic mass is 9.94. The molecule has 0 aromatic heterocycles. The van der Waals surface area contributed by atoms with Crippen LogP contribution in [0.4, 0.5) is 0 Å². The third-order valence-corrected chi connectivity index (χ3v) is 4.17. The molecule has 24 heavy (non-hydrogen) atoms. The van der Waals surface area contributed by atoms with E-state index in [4.69, 9.17) is 14.6 Å². The minimum absolute atomic E-state index is 0.0936. The summed E-state index contributed by atoms with van der Waals surface area (Å²) in [7, 11) is 1.46. The van der Waals surface area contributed by atoms with Crippen LogP contribution < -0.4 is 4.74 Å². The molecule has 0 bridgehead atoms. The maximum absolute atomic E-state index is 11.8. The van der Waals surface area contributed by atoms with Crippen LogP contribution in [0.1, 0.15) is 40.4 Å². The Hall–Kier alpha value is -2.54. The number of aliphatic hydroxyl groups is 1. The van der Waals surface area contributed by atoms with Gasteiger partial charge < -0.3 is 24.8 Å². The van der Waals surface area contributed by atoms with Crippen LogP contribution in [0.15, 0.2) is 11.6 Å². The Kier molecular flexibility index (Phi) is 5.14. The van der Waals surface area contributed by atoms with E-state index in [1.165, 1.54) is 7.11 Å². The number of aromatic hydroxyl groups is 1. The molecule has 1 heterocycles. The molecule has 1 atom stereocenters. The summed E-state index contributed by atoms with van der Waals surface area (Å²) in [6.07, 6.45) is 0.271. The Morgan fingerprint density at radius 2 is 2.12 bits per heavy atom. The average molecular weight is 336 g/mol. The highest BCUT2D eigenvalue weighted by Gasteiger charge is 2.31. The van der Waals surface area contributed by atoms with E-state index in [1.807, 2.05) is 0 Å². The first-order valence-corrected chi connectivity index (χ1v) is 7.42. The molecule has 2 rings (SSSR count). The van der Waals surface area contributed by atoms with E-state index in [2.05, 4.69) is 0 Å². The maximum atomic E-state index is 11.8. The lowest BCUT2D eigenvalue weighted by Gasteiger charge is -2.16. The molecular weight excluding hydrogens is 316 g/mol. The zero-order chi connectivity index (χ0) is 18.0. The van der Waals surface area contributed by atoms with Crippen molar-refractivity contribution < 1.29 is 34.4 Å². The van der Waals surface area contributed by atoms with Crippen LogP contribution in [0.3, 0.4) is 0 Å². The molecule has 3 N–H and O–H groups in total. The summed E-state index contributed by atoms with van der Waals surface area (Å²) in [5.74, 6) is -1.44. The van der Waals surface area contributed by atoms with Crippen LogP contribution >= 0.6 is 0 Å². The first-order chi connectivity index (χ1) is 11.3. The predicted molar refractivity (Wildman–Crippen MR) is 84.2 cm³/mol. The number of aliphatic carboxylic acids is 1. The Morgan fingerprint density at radius 3 is 2.71 bits per heavy atom. The monoisotopic (exact) mass is 336 g/mol. The summed E-state index contributed by atoms with van der Waals surface area (Å²) in [5.41, 5.74) is 2.31. The number of methoxy groups -OCH3 is 1. The summed E-state index contributed by atoms with van der Waals surface area (Å²) >= 11 is 0. The Bertz CT molecular complexity index is 718. The fourth-order valence-corrected chi connectivity index (χ4v) is 2.75. The van der Waals surface area contributed by atoms with Gasteiger partial charge in [0, 0.05) is 11.1 Å². The SMILES string of the molecule is COc1c(C)c2c(c(O)c1C/C=C(\C)[C@@H](O)CC(=O)O)C(=O)OC2. The number of hydrogen-bond acceptors (Lipinski definition) is 6. The zero-order valence-electron chi connectivity index (χ0n) is 13.8. The second-order valence-corrected chi connectivity index (χ2v) is 5.68. The van der Waals surface area contributed by atoms with Crippen LogP contribution in [0.25, 0.3) is 0 Å². The lowest BCUT2D eigenvalue weighted by Crippen LogP contribution is -2.14. The van der Waals surface area contributed by atoms with Crippen LogP contribution in [-0.2, 0) is 22.6 Å². The highest BCUT2D eigenvalue weighted by molar-refractivity contribution is 5.98. The van der Waals surface area contributed by atoms with Gasteiger partial charge in [-0.2, -0.15) is 0 Å². The number of hydrogen-bond donors (Lipinski definition) is 3. The number of phenolic OH excluding ortho intramolecular Hbond substituents is 1. The minimum atomic E-state index is -1.11. The van der Waals surface area contributed by atoms with Gasteiger partial charge in [0.15, 0.2) is 0 Å². The molecule has 0 spiro atoms. The number of allylic oxidation sites excluding steroid dienone is 1. The van der Waals surface area contributed by atoms with Crippen molar-refractivity contribution in [3.63, 3.8) is 0 Å². The quantitative estimate of drug-likeness (QED) is 0.535. The number of esters is 1. The number of carbonyl (C=O) groups excluding carboxylic acids is 1. The standard InChI is InChI=1S/C17H20O7/c1-8(12(18)6-13(19)20)4-5-10-15(21)14-11(7-24-17(14)22)9(2)16(10)23-3/h4,12,18,21H,5-7H2,1-3H3,(H,19,20)/b8-4+/t12-/m0/s1. The smallest absolute Gasteiger partial charge is 0.342 e. The molecule has 0 fully saturated rings. The number of carbonyl (C=O) groups is 2. The molecule has 0 saturated carbocycles. The van der Waals surface area contributed by atoms with Gasteiger partial charge in [-0.1, -0.05) is 6.08 Å². The largest absolute Gasteiger partial charge is 0.507 e. The summed E-state index contributed by atoms with van der Waals surface area (Å²) in [5, 5.41) is 29.0. The van der Waals surface area contributed by atoms with E-state index in [9.17, 15) is 19.8 Å². The van der Waals surface area contributed by atoms with Gasteiger partial charge in [0.25, 0.3) is 0 Å². The molecule has 0 radical (unpaired) electrons. The van der Waals surface area contributed by atoms with Crippen molar-refractivity contribution in [3.05, 3.63) is 33.9 Å². The van der Waals surface area contributed by atoms with Gasteiger partial charge >= 0.3 is 11.9 Å². The van der Waals surface area contributed by atoms with E-state index in [-0.39, 0.29) is 24.3 Å². The molecule has 0 saturated heterocycles. The fraction of sp³-hybridized carbons (Fsp3) is 0.412. The molecule has 1 aromatic carbocycles. The first-order valence-electron chi connectivity index (χ1n) is 7.42. The van der Waals surface area contributed by atoms with Crippen molar-refractivity contribution in [2.24, 2.45) is 0 Å². The van der Waals surface area contributed by atoms with E-state index < -0.39 is 24.5 Å². The molecular formula is C17H20O7. The Morgan fingerprint density at radius 1 is 1.46 bits per heavy atom. The summed E-state index contributed by atoms with van der Waals surface area (Å²) in [6.45, 7) is 3.47. The van der Waals surface area contributed by atoms with Crippen molar-refractivity contribution in [3.8, 4) is 11.5 Å². The molecule has 0 aliphatic carbocycles. The fourth-order valence-electron chi connectivity index (χ4n) is 2.75. The minimum Gasteiger partial charge on any atom is -0.507 e. The lowest BCUT2D eigenvalue weighted by molar-refractivity contribution is -0.138. The van der Waals surface area contributed by atoms with Gasteiger partial charge in [0.2, 0.25) is 0 Å². The van der Waals surface area contributed by atoms with Crippen LogP contribution in [0.2, 0.25) is 0 Å². The number of fused-ring (bicyclic) bond motifs is 1. The molecule has 1 aromatic rings. The number of ether oxygens (including phenoxy) is 2. The molecule has 1 aliphatic rings. The third-order valence-electron chi connectivity index (χ3n) is 4.17. The topological polar surface area (TPSA) is 113 Å². The molecule has 130 valence electrons. The van der Waals surface area contributed by atoms with E-state index in [0.717, 1.165) is 0 Å². The van der Waals surface area contributed by atoms with Crippen molar-refractivity contribution in [2.75, 3.05) is 7.11 Å². The van der Waals surface area contributed by atoms with E-state index in [1.54, 1.807) is 19.9 Å². The molecule has 0 unspecified atom stereocenters. The van der Waals surface area contributed by atoms with Crippen LogP contribution in [-0.4, -0.2) is 40.5 Å². The van der Waals surface area contributed by atoms with Crippen molar-refractivity contribution in [1.82, 2.24) is 0 Å². The molecule has 0 amide bonds. The maximum Gasteiger partial charge on any atom is 0.342 e. The number of carboxylic acids is 1. The first kappa shape index (κ1) is 17.8. The second-order valence-electron chi connectivity index (χ2n) is 5.68. The van der Waals surface area contributed by atoms with Crippen molar-refractivity contribution >= 4 is 11.9 Å². The third kappa shape index (κ3) is 3.21. The predicted octanol–water partition coefficient (Wildman–Crippen LogP) is 1.70. The Labute approximate surface area is 139 Å². The van der Waals surface area contributed by atoms with Gasteiger partial charge in [-0.05, 0) is 31.4 Å². The van der Waals surface area contributed by atoms with Crippen molar-refractivity contribution in [2.45, 2.75) is 39.4 Å². The summed E-state index contributed by atoms with van der Waals surface area (Å²) < 4.78 is 10.3. The van der Waals surface area contributed by atoms with Crippen LogP contribution in [0, 0.1) is 6.92 Å². The van der Waals surface area contributed by atoms with Gasteiger partial charge in [-0.15, -0.1) is 0 Å². The van der Waals surface area contributed by atoms with Crippen LogP contribution in [0.5, 0.6) is 11.5 Å². The van der Waals surface area contributed by atoms with E-state index >= 15 is 0 Å². The molecule has 7 nitrogen and oxygen atoms in total. The highest BCUT2D eigenvalue weighted by atomic mass is 16.5. The van der Waals surface area contributed by atoms with Gasteiger partial charge in [0.1, 0.15) is 23.7 Å². The number of rotatable bonds is 6. The molecule has 7 heteroatoms. The summed E-state index contributed by atoms with van der Waals surface area (Å²) in [6, 6.07) is 0. The second kappa shape index (κ2) is 6.92. The average Bonchev–Trinajstić information content (AvgIpc) is 2.90. The number of phenols is 1. The normalized spacial score (nSPS) is 15.0. The van der Waals surface area contributed by atoms with Gasteiger partial charge in [-0.3, -0.25) is 4.79 Å². The highest BCUT2D eigenvalue weighted by Crippen LogP contribution is 2.42. The van der Waals surface area contributed by atoms with Gasteiger partial charge in [0.05, 0.1) is 19.6 Å².